The zero-order chi connectivity index (χ0) is 18.1. The van der Waals surface area contributed by atoms with Gasteiger partial charge >= 0.3 is 0 Å². The van der Waals surface area contributed by atoms with Crippen LogP contribution in [0.5, 0.6) is 0 Å². The Labute approximate surface area is 149 Å². The summed E-state index contributed by atoms with van der Waals surface area (Å²) in [6.07, 6.45) is 5.32. The predicted octanol–water partition coefficient (Wildman–Crippen LogP) is 2.95. The van der Waals surface area contributed by atoms with Crippen molar-refractivity contribution in [2.75, 3.05) is 0 Å². The van der Waals surface area contributed by atoms with Crippen molar-refractivity contribution < 1.29 is 19.5 Å². The zero-order valence-electron chi connectivity index (χ0n) is 15.6. The van der Waals surface area contributed by atoms with E-state index < -0.39 is 17.3 Å². The van der Waals surface area contributed by atoms with E-state index in [2.05, 4.69) is 6.92 Å². The van der Waals surface area contributed by atoms with E-state index in [4.69, 9.17) is 0 Å². The molecule has 4 saturated carbocycles. The highest BCUT2D eigenvalue weighted by Gasteiger charge is 2.64. The van der Waals surface area contributed by atoms with Crippen LogP contribution in [0.1, 0.15) is 65.7 Å². The maximum Gasteiger partial charge on any atom is 0.227 e. The van der Waals surface area contributed by atoms with Crippen molar-refractivity contribution in [3.63, 3.8) is 0 Å². The van der Waals surface area contributed by atoms with E-state index in [1.165, 1.54) is 0 Å². The fourth-order valence-electron chi connectivity index (χ4n) is 7.61. The number of fused-ring (bicyclic) bond motifs is 5. The molecule has 0 aromatic heterocycles. The van der Waals surface area contributed by atoms with E-state index in [1.54, 1.807) is 6.92 Å². The summed E-state index contributed by atoms with van der Waals surface area (Å²) < 4.78 is 0. The SMILES string of the molecule is CC(=O)[C@H]1CC[C@H]2[C@@H]3CCC4CC(O)C(=O)C(=O)[C@]4(C)[C@H]3CC[C@]12C. The first-order valence-corrected chi connectivity index (χ1v) is 9.98. The quantitative estimate of drug-likeness (QED) is 0.741. The summed E-state index contributed by atoms with van der Waals surface area (Å²) >= 11 is 0. The molecule has 25 heavy (non-hydrogen) atoms. The molecule has 4 aliphatic rings. The summed E-state index contributed by atoms with van der Waals surface area (Å²) in [5.41, 5.74) is -0.535. The van der Waals surface area contributed by atoms with Gasteiger partial charge in [-0.15, -0.1) is 0 Å². The lowest BCUT2D eigenvalue weighted by Gasteiger charge is -2.59. The van der Waals surface area contributed by atoms with Gasteiger partial charge in [0, 0.05) is 11.3 Å². The summed E-state index contributed by atoms with van der Waals surface area (Å²) in [5.74, 6) is 0.882. The van der Waals surface area contributed by atoms with Crippen molar-refractivity contribution in [1.29, 1.82) is 0 Å². The molecule has 138 valence electrons. The molecule has 4 fully saturated rings. The van der Waals surface area contributed by atoms with Crippen LogP contribution < -0.4 is 0 Å². The van der Waals surface area contributed by atoms with Crippen LogP contribution in [0.4, 0.5) is 0 Å². The van der Waals surface area contributed by atoms with Gasteiger partial charge in [-0.1, -0.05) is 13.8 Å². The molecule has 0 saturated heterocycles. The van der Waals surface area contributed by atoms with Crippen LogP contribution in [0.2, 0.25) is 0 Å². The van der Waals surface area contributed by atoms with E-state index >= 15 is 0 Å². The lowest BCUT2D eigenvalue weighted by molar-refractivity contribution is -0.170. The van der Waals surface area contributed by atoms with Gasteiger partial charge in [0.15, 0.2) is 0 Å². The molecule has 0 bridgehead atoms. The van der Waals surface area contributed by atoms with Gasteiger partial charge in [-0.05, 0) is 81.0 Å². The topological polar surface area (TPSA) is 71.4 Å². The minimum absolute atomic E-state index is 0.0669. The van der Waals surface area contributed by atoms with Gasteiger partial charge < -0.3 is 5.11 Å². The number of hydrogen-bond acceptors (Lipinski definition) is 4. The highest BCUT2D eigenvalue weighted by molar-refractivity contribution is 6.41. The Kier molecular flexibility index (Phi) is 3.81. The second kappa shape index (κ2) is 5.48. The number of rotatable bonds is 1. The van der Waals surface area contributed by atoms with Crippen LogP contribution in [0.25, 0.3) is 0 Å². The van der Waals surface area contributed by atoms with E-state index in [0.29, 0.717) is 24.0 Å². The normalized spacial score (nSPS) is 52.3. The largest absolute Gasteiger partial charge is 0.385 e. The lowest BCUT2D eigenvalue weighted by Crippen LogP contribution is -2.60. The fraction of sp³-hybridized carbons (Fsp3) is 0.857. The Morgan fingerprint density at radius 2 is 1.76 bits per heavy atom. The number of carbonyl (C=O) groups excluding carboxylic acids is 3. The summed E-state index contributed by atoms with van der Waals surface area (Å²) in [7, 11) is 0. The summed E-state index contributed by atoms with van der Waals surface area (Å²) in [6, 6.07) is 0. The molecule has 0 aliphatic heterocycles. The third-order valence-electron chi connectivity index (χ3n) is 8.92. The minimum Gasteiger partial charge on any atom is -0.385 e. The Hall–Kier alpha value is -1.03. The zero-order valence-corrected chi connectivity index (χ0v) is 15.6. The van der Waals surface area contributed by atoms with Crippen molar-refractivity contribution in [1.82, 2.24) is 0 Å². The molecule has 0 aromatic carbocycles. The van der Waals surface area contributed by atoms with Gasteiger partial charge in [-0.25, -0.2) is 0 Å². The maximum absolute atomic E-state index is 12.9. The fourth-order valence-corrected chi connectivity index (χ4v) is 7.61. The van der Waals surface area contributed by atoms with Gasteiger partial charge in [0.05, 0.1) is 0 Å². The Morgan fingerprint density at radius 3 is 2.44 bits per heavy atom. The van der Waals surface area contributed by atoms with Crippen LogP contribution in [-0.2, 0) is 14.4 Å². The smallest absolute Gasteiger partial charge is 0.227 e. The summed E-state index contributed by atoms with van der Waals surface area (Å²) in [4.78, 5) is 37.3. The van der Waals surface area contributed by atoms with E-state index in [9.17, 15) is 19.5 Å². The highest BCUT2D eigenvalue weighted by Crippen LogP contribution is 2.66. The molecule has 4 rings (SSSR count). The van der Waals surface area contributed by atoms with Gasteiger partial charge in [0.25, 0.3) is 0 Å². The van der Waals surface area contributed by atoms with Gasteiger partial charge in [0.2, 0.25) is 11.6 Å². The first kappa shape index (κ1) is 17.4. The third kappa shape index (κ3) is 2.12. The Balaban J connectivity index is 1.68. The maximum atomic E-state index is 12.9. The van der Waals surface area contributed by atoms with E-state index in [0.717, 1.165) is 38.5 Å². The second-order valence-electron chi connectivity index (χ2n) is 9.66. The Morgan fingerprint density at radius 1 is 1.04 bits per heavy atom. The highest BCUT2D eigenvalue weighted by atomic mass is 16.3. The molecule has 0 amide bonds. The Bertz CT molecular complexity index is 640. The molecule has 0 aromatic rings. The molecule has 0 radical (unpaired) electrons. The number of aliphatic hydroxyl groups excluding tert-OH is 1. The first-order valence-electron chi connectivity index (χ1n) is 9.98. The molecule has 0 heterocycles. The minimum atomic E-state index is -1.09. The monoisotopic (exact) mass is 346 g/mol. The van der Waals surface area contributed by atoms with Crippen molar-refractivity contribution in [2.45, 2.75) is 71.8 Å². The second-order valence-corrected chi connectivity index (χ2v) is 9.66. The van der Waals surface area contributed by atoms with Crippen LogP contribution in [-0.4, -0.2) is 28.6 Å². The van der Waals surface area contributed by atoms with Crippen molar-refractivity contribution in [3.8, 4) is 0 Å². The number of hydrogen-bond donors (Lipinski definition) is 1. The number of Topliss-reactive ketones (excluding diaryl/α,β-unsaturated/α-hetero) is 3. The molecular weight excluding hydrogens is 316 g/mol. The van der Waals surface area contributed by atoms with E-state index in [1.807, 2.05) is 6.92 Å². The summed E-state index contributed by atoms with van der Waals surface area (Å²) in [6.45, 7) is 6.02. The number of ketones is 3. The number of aliphatic hydroxyl groups is 1. The van der Waals surface area contributed by atoms with Gasteiger partial charge in [-0.3, -0.25) is 14.4 Å². The molecule has 1 N–H and O–H groups in total. The standard InChI is InChI=1S/C21H30O4/c1-11(22)14-6-7-15-13-5-4-12-10-17(23)18(24)19(25)21(12,3)16(13)8-9-20(14,15)2/h12-17,23H,4-10H2,1-3H3/t12?,13-,14+,15-,16-,17?,20+,21-/m0/s1. The average Bonchev–Trinajstić information content (AvgIpc) is 2.92. The molecular formula is C21H30O4. The van der Waals surface area contributed by atoms with Crippen molar-refractivity contribution in [2.24, 2.45) is 40.4 Å². The van der Waals surface area contributed by atoms with Gasteiger partial charge in [-0.2, -0.15) is 0 Å². The van der Waals surface area contributed by atoms with Crippen LogP contribution in [0.3, 0.4) is 0 Å². The molecule has 0 spiro atoms. The predicted molar refractivity (Wildman–Crippen MR) is 92.7 cm³/mol. The average molecular weight is 346 g/mol. The molecule has 4 aliphatic carbocycles. The molecule has 4 heteroatoms. The summed E-state index contributed by atoms with van der Waals surface area (Å²) in [5, 5.41) is 9.98. The van der Waals surface area contributed by atoms with E-state index in [-0.39, 0.29) is 29.0 Å². The van der Waals surface area contributed by atoms with Crippen LogP contribution in [0.15, 0.2) is 0 Å². The molecule has 8 atom stereocenters. The lowest BCUT2D eigenvalue weighted by atomic mass is 9.44. The van der Waals surface area contributed by atoms with Crippen molar-refractivity contribution >= 4 is 17.3 Å². The molecule has 2 unspecified atom stereocenters. The van der Waals surface area contributed by atoms with Gasteiger partial charge in [0.1, 0.15) is 11.9 Å². The number of carbonyl (C=O) groups is 3. The van der Waals surface area contributed by atoms with Crippen LogP contribution >= 0.6 is 0 Å². The molecule has 4 nitrogen and oxygen atoms in total. The van der Waals surface area contributed by atoms with Crippen molar-refractivity contribution in [3.05, 3.63) is 0 Å². The van der Waals surface area contributed by atoms with Crippen LogP contribution in [0, 0.1) is 40.4 Å². The third-order valence-corrected chi connectivity index (χ3v) is 8.92. The first-order chi connectivity index (χ1) is 11.7.